The van der Waals surface area contributed by atoms with Crippen LogP contribution in [0.1, 0.15) is 30.6 Å². The highest BCUT2D eigenvalue weighted by Crippen LogP contribution is 2.17. The van der Waals surface area contributed by atoms with Gasteiger partial charge in [0.1, 0.15) is 0 Å². The van der Waals surface area contributed by atoms with Crippen molar-refractivity contribution in [1.82, 2.24) is 5.32 Å². The van der Waals surface area contributed by atoms with Gasteiger partial charge in [-0.15, -0.1) is 0 Å². The van der Waals surface area contributed by atoms with Crippen LogP contribution in [0.15, 0.2) is 59.5 Å². The first-order valence-electron chi connectivity index (χ1n) is 7.41. The highest BCUT2D eigenvalue weighted by molar-refractivity contribution is 7.92. The van der Waals surface area contributed by atoms with Gasteiger partial charge in [-0.05, 0) is 43.7 Å². The van der Waals surface area contributed by atoms with Gasteiger partial charge in [-0.2, -0.15) is 0 Å². The van der Waals surface area contributed by atoms with Gasteiger partial charge in [0.2, 0.25) is 0 Å². The Labute approximate surface area is 136 Å². The van der Waals surface area contributed by atoms with Gasteiger partial charge in [-0.3, -0.25) is 9.52 Å². The fourth-order valence-corrected chi connectivity index (χ4v) is 3.04. The van der Waals surface area contributed by atoms with Gasteiger partial charge in [-0.1, -0.05) is 31.2 Å². The summed E-state index contributed by atoms with van der Waals surface area (Å²) in [4.78, 5) is 12.2. The zero-order valence-electron chi connectivity index (χ0n) is 13.1. The molecule has 0 aliphatic carbocycles. The van der Waals surface area contributed by atoms with E-state index in [0.29, 0.717) is 11.3 Å². The van der Waals surface area contributed by atoms with Crippen molar-refractivity contribution in [2.24, 2.45) is 0 Å². The van der Waals surface area contributed by atoms with Crippen LogP contribution in [-0.2, 0) is 10.0 Å². The van der Waals surface area contributed by atoms with Gasteiger partial charge in [0, 0.05) is 17.3 Å². The Morgan fingerprint density at radius 3 is 2.43 bits per heavy atom. The molecule has 23 heavy (non-hydrogen) atoms. The Kier molecular flexibility index (Phi) is 5.39. The molecule has 2 aromatic rings. The van der Waals surface area contributed by atoms with E-state index in [1.165, 1.54) is 12.1 Å². The van der Waals surface area contributed by atoms with E-state index in [9.17, 15) is 13.2 Å². The van der Waals surface area contributed by atoms with Gasteiger partial charge in [0.15, 0.2) is 0 Å². The summed E-state index contributed by atoms with van der Waals surface area (Å²) >= 11 is 0. The summed E-state index contributed by atoms with van der Waals surface area (Å²) in [5, 5.41) is 2.82. The molecule has 122 valence electrons. The first-order chi connectivity index (χ1) is 10.9. The SMILES string of the molecule is CC[C@@H](C)NC(=O)c1cccc(S(=O)(=O)Nc2ccccc2)c1. The number of benzene rings is 2. The minimum Gasteiger partial charge on any atom is -0.350 e. The number of carbonyl (C=O) groups is 1. The smallest absolute Gasteiger partial charge is 0.261 e. The van der Waals surface area contributed by atoms with Crippen molar-refractivity contribution in [2.75, 3.05) is 4.72 Å². The Balaban J connectivity index is 2.23. The molecule has 2 N–H and O–H groups in total. The third-order valence-electron chi connectivity index (χ3n) is 3.42. The van der Waals surface area contributed by atoms with E-state index in [1.54, 1.807) is 42.5 Å². The van der Waals surface area contributed by atoms with E-state index in [2.05, 4.69) is 10.0 Å². The number of para-hydroxylation sites is 1. The molecular weight excluding hydrogens is 312 g/mol. The Bertz CT molecular complexity index is 773. The average molecular weight is 332 g/mol. The van der Waals surface area contributed by atoms with E-state index >= 15 is 0 Å². The first-order valence-corrected chi connectivity index (χ1v) is 8.89. The molecule has 1 atom stereocenters. The molecule has 1 amide bonds. The largest absolute Gasteiger partial charge is 0.350 e. The van der Waals surface area contributed by atoms with E-state index < -0.39 is 10.0 Å². The second kappa shape index (κ2) is 7.28. The van der Waals surface area contributed by atoms with Crippen molar-refractivity contribution in [3.05, 3.63) is 60.2 Å². The lowest BCUT2D eigenvalue weighted by Gasteiger charge is -2.12. The summed E-state index contributed by atoms with van der Waals surface area (Å²) in [6.07, 6.45) is 0.805. The van der Waals surface area contributed by atoms with Crippen LogP contribution < -0.4 is 10.0 Å². The van der Waals surface area contributed by atoms with Gasteiger partial charge in [0.05, 0.1) is 4.90 Å². The molecule has 0 radical (unpaired) electrons. The Hall–Kier alpha value is -2.34. The van der Waals surface area contributed by atoms with E-state index in [0.717, 1.165) is 6.42 Å². The maximum Gasteiger partial charge on any atom is 0.261 e. The minimum absolute atomic E-state index is 0.0326. The molecule has 0 aromatic heterocycles. The first kappa shape index (κ1) is 17.0. The van der Waals surface area contributed by atoms with Crippen molar-refractivity contribution < 1.29 is 13.2 Å². The molecule has 0 bridgehead atoms. The normalized spacial score (nSPS) is 12.4. The van der Waals surface area contributed by atoms with Crippen molar-refractivity contribution in [3.8, 4) is 0 Å². The Morgan fingerprint density at radius 2 is 1.78 bits per heavy atom. The third kappa shape index (κ3) is 4.56. The number of hydrogen-bond acceptors (Lipinski definition) is 3. The quantitative estimate of drug-likeness (QED) is 0.854. The summed E-state index contributed by atoms with van der Waals surface area (Å²) < 4.78 is 27.3. The van der Waals surface area contributed by atoms with Gasteiger partial charge in [0.25, 0.3) is 15.9 Å². The van der Waals surface area contributed by atoms with Crippen LogP contribution in [0, 0.1) is 0 Å². The summed E-state index contributed by atoms with van der Waals surface area (Å²) in [5.41, 5.74) is 0.795. The fourth-order valence-electron chi connectivity index (χ4n) is 1.93. The standard InChI is InChI=1S/C17H20N2O3S/c1-3-13(2)18-17(20)14-8-7-11-16(12-14)23(21,22)19-15-9-5-4-6-10-15/h4-13,19H,3H2,1-2H3,(H,18,20)/t13-/m1/s1. The van der Waals surface area contributed by atoms with Crippen molar-refractivity contribution in [3.63, 3.8) is 0 Å². The average Bonchev–Trinajstić information content (AvgIpc) is 2.55. The van der Waals surface area contributed by atoms with Crippen molar-refractivity contribution in [2.45, 2.75) is 31.2 Å². The molecule has 0 spiro atoms. The zero-order valence-corrected chi connectivity index (χ0v) is 13.9. The zero-order chi connectivity index (χ0) is 16.9. The van der Waals surface area contributed by atoms with Crippen molar-refractivity contribution in [1.29, 1.82) is 0 Å². The van der Waals surface area contributed by atoms with Crippen molar-refractivity contribution >= 4 is 21.6 Å². The monoisotopic (exact) mass is 332 g/mol. The molecule has 2 rings (SSSR count). The van der Waals surface area contributed by atoms with E-state index in [4.69, 9.17) is 0 Å². The maximum atomic E-state index is 12.4. The molecule has 2 aromatic carbocycles. The number of carbonyl (C=O) groups excluding carboxylic acids is 1. The molecule has 5 nitrogen and oxygen atoms in total. The molecule has 0 aliphatic rings. The molecule has 0 saturated carbocycles. The minimum atomic E-state index is -3.73. The number of hydrogen-bond donors (Lipinski definition) is 2. The molecule has 0 heterocycles. The summed E-state index contributed by atoms with van der Waals surface area (Å²) in [5.74, 6) is -0.281. The van der Waals surface area contributed by atoms with Crippen LogP contribution in [0.5, 0.6) is 0 Å². The molecule has 0 saturated heterocycles. The number of sulfonamides is 1. The summed E-state index contributed by atoms with van der Waals surface area (Å²) in [7, 11) is -3.73. The third-order valence-corrected chi connectivity index (χ3v) is 4.80. The molecule has 0 aliphatic heterocycles. The topological polar surface area (TPSA) is 75.3 Å². The van der Waals surface area contributed by atoms with Crippen LogP contribution in [0.25, 0.3) is 0 Å². The lowest BCUT2D eigenvalue weighted by Crippen LogP contribution is -2.32. The van der Waals surface area contributed by atoms with Crippen LogP contribution in [0.3, 0.4) is 0 Å². The molecule has 0 unspecified atom stereocenters. The van der Waals surface area contributed by atoms with Gasteiger partial charge in [-0.25, -0.2) is 8.42 Å². The fraction of sp³-hybridized carbons (Fsp3) is 0.235. The van der Waals surface area contributed by atoms with Crippen LogP contribution in [0.2, 0.25) is 0 Å². The predicted octanol–water partition coefficient (Wildman–Crippen LogP) is 3.02. The maximum absolute atomic E-state index is 12.4. The highest BCUT2D eigenvalue weighted by Gasteiger charge is 2.17. The van der Waals surface area contributed by atoms with E-state index in [-0.39, 0.29) is 16.8 Å². The number of amides is 1. The van der Waals surface area contributed by atoms with Gasteiger partial charge >= 0.3 is 0 Å². The second-order valence-electron chi connectivity index (χ2n) is 5.28. The molecular formula is C17H20N2O3S. The number of rotatable bonds is 6. The van der Waals surface area contributed by atoms with Gasteiger partial charge < -0.3 is 5.32 Å². The Morgan fingerprint density at radius 1 is 1.09 bits per heavy atom. The summed E-state index contributed by atoms with van der Waals surface area (Å²) in [6.45, 7) is 3.87. The lowest BCUT2D eigenvalue weighted by atomic mass is 10.2. The summed E-state index contributed by atoms with van der Waals surface area (Å²) in [6, 6.07) is 14.6. The van der Waals surface area contributed by atoms with E-state index in [1.807, 2.05) is 13.8 Å². The van der Waals surface area contributed by atoms with Crippen LogP contribution >= 0.6 is 0 Å². The van der Waals surface area contributed by atoms with Crippen LogP contribution in [-0.4, -0.2) is 20.4 Å². The molecule has 0 fully saturated rings. The molecule has 6 heteroatoms. The lowest BCUT2D eigenvalue weighted by molar-refractivity contribution is 0.0939. The number of anilines is 1. The van der Waals surface area contributed by atoms with Crippen LogP contribution in [0.4, 0.5) is 5.69 Å². The number of nitrogens with one attached hydrogen (secondary N) is 2. The highest BCUT2D eigenvalue weighted by atomic mass is 32.2. The second-order valence-corrected chi connectivity index (χ2v) is 6.96. The predicted molar refractivity (Wildman–Crippen MR) is 90.9 cm³/mol.